The van der Waals surface area contributed by atoms with Gasteiger partial charge in [-0.3, -0.25) is 9.59 Å². The molecule has 162 valence electrons. The summed E-state index contributed by atoms with van der Waals surface area (Å²) in [4.78, 5) is 38.0. The van der Waals surface area contributed by atoms with E-state index in [0.717, 1.165) is 22.2 Å². The molecule has 1 aliphatic heterocycles. The monoisotopic (exact) mass is 441 g/mol. The number of hydrogen-bond acceptors (Lipinski definition) is 6. The van der Waals surface area contributed by atoms with E-state index in [4.69, 9.17) is 9.47 Å². The summed E-state index contributed by atoms with van der Waals surface area (Å²) in [5, 5.41) is 8.87. The number of carbonyl (C=O) groups is 3. The number of aliphatic carboxylic acids is 1. The lowest BCUT2D eigenvalue weighted by molar-refractivity contribution is -0.145. The Labute approximate surface area is 184 Å². The van der Waals surface area contributed by atoms with E-state index in [1.807, 2.05) is 19.1 Å². The Bertz CT molecular complexity index is 1030. The molecule has 0 saturated carbocycles. The smallest absolute Gasteiger partial charge is 0.344 e. The van der Waals surface area contributed by atoms with Crippen molar-refractivity contribution in [2.24, 2.45) is 0 Å². The molecule has 2 aromatic rings. The zero-order chi connectivity index (χ0) is 22.5. The first kappa shape index (κ1) is 22.4. The lowest BCUT2D eigenvalue weighted by atomic mass is 10.1. The highest BCUT2D eigenvalue weighted by Gasteiger charge is 2.36. The van der Waals surface area contributed by atoms with Gasteiger partial charge in [0.1, 0.15) is 0 Å². The summed E-state index contributed by atoms with van der Waals surface area (Å²) in [5.74, 6) is -0.775. The maximum absolute atomic E-state index is 12.8. The van der Waals surface area contributed by atoms with E-state index in [9.17, 15) is 19.5 Å². The number of carboxylic acid groups (broad SMARTS) is 1. The number of thioether (sulfide) groups is 1. The van der Waals surface area contributed by atoms with Gasteiger partial charge in [0.25, 0.3) is 11.1 Å². The highest BCUT2D eigenvalue weighted by atomic mass is 32.2. The molecule has 0 radical (unpaired) electrons. The molecular weight excluding hydrogens is 418 g/mol. The number of anilines is 1. The molecule has 2 aromatic carbocycles. The molecule has 0 spiro atoms. The number of carboxylic acids is 1. The average Bonchev–Trinajstić information content (AvgIpc) is 3.01. The van der Waals surface area contributed by atoms with E-state index in [0.29, 0.717) is 40.7 Å². The van der Waals surface area contributed by atoms with Gasteiger partial charge in [-0.05, 0) is 67.9 Å². The molecule has 3 rings (SSSR count). The third-order valence-corrected chi connectivity index (χ3v) is 5.44. The standard InChI is InChI=1S/C23H23NO6S/c1-4-17(22(26)27)30-18-11-8-15(12-19(18)29-5-2)13-20-21(25)24(23(28)31-20)16-9-6-14(3)7-10-16/h6-13,17H,4-5H2,1-3H3,(H,26,27)/b20-13+. The number of imide groups is 1. The van der Waals surface area contributed by atoms with Crippen molar-refractivity contribution in [1.82, 2.24) is 0 Å². The zero-order valence-corrected chi connectivity index (χ0v) is 18.3. The number of carbonyl (C=O) groups excluding carboxylic acids is 2. The Hall–Kier alpha value is -3.26. The number of hydrogen-bond donors (Lipinski definition) is 1. The minimum atomic E-state index is -1.06. The fourth-order valence-corrected chi connectivity index (χ4v) is 3.82. The summed E-state index contributed by atoms with van der Waals surface area (Å²) in [6.45, 7) is 5.81. The van der Waals surface area contributed by atoms with Gasteiger partial charge in [-0.25, -0.2) is 9.69 Å². The molecule has 1 fully saturated rings. The fourth-order valence-electron chi connectivity index (χ4n) is 2.98. The molecule has 1 heterocycles. The zero-order valence-electron chi connectivity index (χ0n) is 17.5. The Morgan fingerprint density at radius 2 is 1.84 bits per heavy atom. The van der Waals surface area contributed by atoms with Crippen molar-refractivity contribution in [3.8, 4) is 11.5 Å². The lowest BCUT2D eigenvalue weighted by Gasteiger charge is -2.17. The van der Waals surface area contributed by atoms with Crippen molar-refractivity contribution >= 4 is 40.6 Å². The van der Waals surface area contributed by atoms with Gasteiger partial charge in [0.15, 0.2) is 17.6 Å². The van der Waals surface area contributed by atoms with Crippen LogP contribution in [0, 0.1) is 6.92 Å². The summed E-state index contributed by atoms with van der Waals surface area (Å²) in [5.41, 5.74) is 2.19. The van der Waals surface area contributed by atoms with Gasteiger partial charge in [-0.15, -0.1) is 0 Å². The molecule has 0 bridgehead atoms. The Balaban J connectivity index is 1.88. The van der Waals surface area contributed by atoms with Crippen LogP contribution in [0.25, 0.3) is 6.08 Å². The lowest BCUT2D eigenvalue weighted by Crippen LogP contribution is -2.27. The fraction of sp³-hybridized carbons (Fsp3) is 0.261. The minimum absolute atomic E-state index is 0.290. The highest BCUT2D eigenvalue weighted by molar-refractivity contribution is 8.19. The van der Waals surface area contributed by atoms with Gasteiger partial charge in [0.05, 0.1) is 17.2 Å². The molecule has 1 saturated heterocycles. The van der Waals surface area contributed by atoms with Crippen LogP contribution in [-0.2, 0) is 9.59 Å². The van der Waals surface area contributed by atoms with Crippen molar-refractivity contribution in [3.63, 3.8) is 0 Å². The van der Waals surface area contributed by atoms with Crippen LogP contribution >= 0.6 is 11.8 Å². The maximum Gasteiger partial charge on any atom is 0.344 e. The van der Waals surface area contributed by atoms with E-state index in [2.05, 4.69) is 0 Å². The first-order valence-electron chi connectivity index (χ1n) is 9.85. The summed E-state index contributed by atoms with van der Waals surface area (Å²) in [7, 11) is 0. The first-order chi connectivity index (χ1) is 14.8. The molecule has 2 amide bonds. The number of amides is 2. The molecule has 1 unspecified atom stereocenters. The van der Waals surface area contributed by atoms with Crippen LogP contribution in [0.4, 0.5) is 10.5 Å². The SMILES string of the molecule is CCOc1cc(/C=C2/SC(=O)N(c3ccc(C)cc3)C2=O)ccc1OC(CC)C(=O)O. The molecule has 0 aromatic heterocycles. The van der Waals surface area contributed by atoms with Crippen molar-refractivity contribution in [2.75, 3.05) is 11.5 Å². The van der Waals surface area contributed by atoms with Gasteiger partial charge in [-0.2, -0.15) is 0 Å². The first-order valence-corrected chi connectivity index (χ1v) is 10.7. The molecule has 1 N–H and O–H groups in total. The molecule has 8 heteroatoms. The van der Waals surface area contributed by atoms with E-state index >= 15 is 0 Å². The second-order valence-electron chi connectivity index (χ2n) is 6.84. The Morgan fingerprint density at radius 1 is 1.13 bits per heavy atom. The maximum atomic E-state index is 12.8. The predicted molar refractivity (Wildman–Crippen MR) is 120 cm³/mol. The third kappa shape index (κ3) is 5.08. The Morgan fingerprint density at radius 3 is 2.45 bits per heavy atom. The van der Waals surface area contributed by atoms with Crippen molar-refractivity contribution in [3.05, 3.63) is 58.5 Å². The van der Waals surface area contributed by atoms with Crippen LogP contribution in [-0.4, -0.2) is 34.9 Å². The highest BCUT2D eigenvalue weighted by Crippen LogP contribution is 2.37. The summed E-state index contributed by atoms with van der Waals surface area (Å²) >= 11 is 0.866. The van der Waals surface area contributed by atoms with E-state index < -0.39 is 18.0 Å². The summed E-state index contributed by atoms with van der Waals surface area (Å²) < 4.78 is 11.2. The van der Waals surface area contributed by atoms with Crippen LogP contribution in [0.3, 0.4) is 0 Å². The largest absolute Gasteiger partial charge is 0.490 e. The third-order valence-electron chi connectivity index (χ3n) is 4.57. The topological polar surface area (TPSA) is 93.1 Å². The van der Waals surface area contributed by atoms with Gasteiger partial charge in [0.2, 0.25) is 0 Å². The molecule has 0 aliphatic carbocycles. The van der Waals surface area contributed by atoms with Gasteiger partial charge >= 0.3 is 5.97 Å². The molecule has 1 atom stereocenters. The predicted octanol–water partition coefficient (Wildman–Crippen LogP) is 4.88. The molecular formula is C23H23NO6S. The second kappa shape index (κ2) is 9.70. The normalized spacial score (nSPS) is 16.0. The minimum Gasteiger partial charge on any atom is -0.490 e. The Kier molecular flexibility index (Phi) is 7.02. The van der Waals surface area contributed by atoms with Gasteiger partial charge < -0.3 is 14.6 Å². The number of benzene rings is 2. The molecule has 7 nitrogen and oxygen atoms in total. The average molecular weight is 442 g/mol. The number of aryl methyl sites for hydroxylation is 1. The summed E-state index contributed by atoms with van der Waals surface area (Å²) in [6, 6.07) is 12.1. The van der Waals surface area contributed by atoms with Crippen LogP contribution in [0.5, 0.6) is 11.5 Å². The van der Waals surface area contributed by atoms with Gasteiger partial charge in [-0.1, -0.05) is 30.7 Å². The molecule has 31 heavy (non-hydrogen) atoms. The van der Waals surface area contributed by atoms with Gasteiger partial charge in [0, 0.05) is 0 Å². The van der Waals surface area contributed by atoms with E-state index in [1.165, 1.54) is 0 Å². The molecule has 1 aliphatic rings. The second-order valence-corrected chi connectivity index (χ2v) is 7.84. The number of ether oxygens (including phenoxy) is 2. The van der Waals surface area contributed by atoms with Crippen LogP contribution in [0.2, 0.25) is 0 Å². The van der Waals surface area contributed by atoms with Crippen molar-refractivity contribution < 1.29 is 29.0 Å². The van der Waals surface area contributed by atoms with Crippen molar-refractivity contribution in [2.45, 2.75) is 33.3 Å². The summed E-state index contributed by atoms with van der Waals surface area (Å²) in [6.07, 6.45) is 0.922. The van der Waals surface area contributed by atoms with Crippen LogP contribution in [0.1, 0.15) is 31.4 Å². The number of rotatable bonds is 8. The number of nitrogens with zero attached hydrogens (tertiary/aromatic N) is 1. The van der Waals surface area contributed by atoms with Crippen LogP contribution < -0.4 is 14.4 Å². The van der Waals surface area contributed by atoms with Crippen molar-refractivity contribution in [1.29, 1.82) is 0 Å². The quantitative estimate of drug-likeness (QED) is 0.584. The van der Waals surface area contributed by atoms with Crippen LogP contribution in [0.15, 0.2) is 47.4 Å². The van der Waals surface area contributed by atoms with E-state index in [1.54, 1.807) is 50.3 Å². The van der Waals surface area contributed by atoms with E-state index in [-0.39, 0.29) is 5.24 Å².